The van der Waals surface area contributed by atoms with E-state index in [2.05, 4.69) is 19.9 Å². The number of fused-ring (bicyclic) bond motifs is 1. The van der Waals surface area contributed by atoms with Gasteiger partial charge in [0, 0.05) is 42.1 Å². The molecule has 0 amide bonds. The number of hydrogen-bond donors (Lipinski definition) is 2. The Balaban J connectivity index is 1.14. The Morgan fingerprint density at radius 2 is 2.00 bits per heavy atom. The molecule has 2 saturated heterocycles. The minimum Gasteiger partial charge on any atom is -0.493 e. The molecule has 2 atom stereocenters. The molecule has 0 aliphatic carbocycles. The average molecular weight is 593 g/mol. The summed E-state index contributed by atoms with van der Waals surface area (Å²) in [6.07, 6.45) is 6.80. The molecule has 1 spiro atoms. The van der Waals surface area contributed by atoms with Gasteiger partial charge >= 0.3 is 0 Å². The van der Waals surface area contributed by atoms with E-state index in [9.17, 15) is 14.7 Å². The first-order chi connectivity index (χ1) is 19.8. The summed E-state index contributed by atoms with van der Waals surface area (Å²) in [4.78, 5) is 42.1. The zero-order valence-electron chi connectivity index (χ0n) is 22.4. The maximum Gasteiger partial charge on any atom is 0.272 e. The second kappa shape index (κ2) is 11.1. The molecule has 3 N–H and O–H groups in total. The molecule has 0 saturated carbocycles. The predicted octanol–water partition coefficient (Wildman–Crippen LogP) is 3.75. The second-order valence-corrected chi connectivity index (χ2v) is 12.0. The number of ketones is 1. The maximum atomic E-state index is 13.1. The lowest BCUT2D eigenvalue weighted by Crippen LogP contribution is -2.50. The second-order valence-electron chi connectivity index (χ2n) is 10.6. The van der Waals surface area contributed by atoms with Crippen LogP contribution >= 0.6 is 23.4 Å². The van der Waals surface area contributed by atoms with Gasteiger partial charge in [-0.3, -0.25) is 14.0 Å². The molecule has 41 heavy (non-hydrogen) atoms. The largest absolute Gasteiger partial charge is 0.493 e. The van der Waals surface area contributed by atoms with Crippen molar-refractivity contribution < 1.29 is 14.6 Å². The van der Waals surface area contributed by atoms with Crippen molar-refractivity contribution in [3.63, 3.8) is 0 Å². The van der Waals surface area contributed by atoms with Crippen molar-refractivity contribution in [2.24, 2.45) is 11.1 Å². The van der Waals surface area contributed by atoms with Crippen LogP contribution in [-0.2, 0) is 11.2 Å². The minimum atomic E-state index is -0.632. The predicted molar refractivity (Wildman–Crippen MR) is 156 cm³/mol. The van der Waals surface area contributed by atoms with Crippen molar-refractivity contribution >= 4 is 40.6 Å². The first-order valence-corrected chi connectivity index (χ1v) is 14.6. The number of aromatic nitrogens is 4. The molecule has 2 fully saturated rings. The van der Waals surface area contributed by atoms with Gasteiger partial charge in [0.15, 0.2) is 5.78 Å². The molecule has 4 aromatic rings. The molecular formula is C29H29ClN6O4S. The monoisotopic (exact) mass is 592 g/mol. The van der Waals surface area contributed by atoms with Crippen molar-refractivity contribution in [3.8, 4) is 5.88 Å². The fourth-order valence-electron chi connectivity index (χ4n) is 5.65. The molecule has 3 aromatic heterocycles. The molecule has 212 valence electrons. The summed E-state index contributed by atoms with van der Waals surface area (Å²) < 4.78 is 7.05. The molecular weight excluding hydrogens is 564 g/mol. The van der Waals surface area contributed by atoms with E-state index in [-0.39, 0.29) is 35.2 Å². The van der Waals surface area contributed by atoms with Crippen LogP contribution in [0.4, 0.5) is 5.82 Å². The number of nitrogens with two attached hydrogens (primary N) is 1. The van der Waals surface area contributed by atoms with Gasteiger partial charge in [0.05, 0.1) is 30.1 Å². The Labute approximate surface area is 245 Å². The van der Waals surface area contributed by atoms with Gasteiger partial charge in [-0.25, -0.2) is 9.97 Å². The fourth-order valence-corrected chi connectivity index (χ4v) is 6.76. The maximum absolute atomic E-state index is 13.1. The number of pyridine rings is 1. The third-order valence-corrected chi connectivity index (χ3v) is 9.69. The normalized spacial score (nSPS) is 20.1. The van der Waals surface area contributed by atoms with Crippen LogP contribution in [0.25, 0.3) is 5.65 Å². The number of benzene rings is 1. The van der Waals surface area contributed by atoms with Crippen LogP contribution in [-0.4, -0.2) is 62.1 Å². The van der Waals surface area contributed by atoms with Gasteiger partial charge < -0.3 is 20.5 Å². The van der Waals surface area contributed by atoms with Crippen LogP contribution in [0.15, 0.2) is 69.7 Å². The van der Waals surface area contributed by atoms with Crippen LogP contribution in [0, 0.1) is 5.41 Å². The lowest BCUT2D eigenvalue weighted by Gasteiger charge is -2.41. The van der Waals surface area contributed by atoms with E-state index in [0.717, 1.165) is 31.7 Å². The van der Waals surface area contributed by atoms with Crippen molar-refractivity contribution in [1.29, 1.82) is 0 Å². The molecule has 1 aromatic carbocycles. The van der Waals surface area contributed by atoms with E-state index in [1.807, 2.05) is 13.0 Å². The summed E-state index contributed by atoms with van der Waals surface area (Å²) >= 11 is 8.02. The van der Waals surface area contributed by atoms with Crippen LogP contribution in [0.2, 0.25) is 5.02 Å². The number of hydrogen-bond acceptors (Lipinski definition) is 10. The summed E-state index contributed by atoms with van der Waals surface area (Å²) in [5, 5.41) is 11.4. The molecule has 2 aliphatic heterocycles. The lowest BCUT2D eigenvalue weighted by atomic mass is 9.73. The van der Waals surface area contributed by atoms with E-state index in [4.69, 9.17) is 22.1 Å². The highest BCUT2D eigenvalue weighted by molar-refractivity contribution is 7.99. The minimum absolute atomic E-state index is 0.0416. The molecule has 0 bridgehead atoms. The first kappa shape index (κ1) is 27.6. The summed E-state index contributed by atoms with van der Waals surface area (Å²) in [6, 6.07) is 10.3. The van der Waals surface area contributed by atoms with Gasteiger partial charge in [-0.2, -0.15) is 4.98 Å². The van der Waals surface area contributed by atoms with Gasteiger partial charge in [0.2, 0.25) is 5.88 Å². The molecule has 2 aliphatic rings. The number of ether oxygens (including phenoxy) is 1. The molecule has 0 radical (unpaired) electrons. The average Bonchev–Trinajstić information content (AvgIpc) is 3.24. The number of halogens is 1. The molecule has 0 unspecified atom stereocenters. The number of piperidine rings is 1. The van der Waals surface area contributed by atoms with Crippen molar-refractivity contribution in [2.75, 3.05) is 24.6 Å². The number of Topliss-reactive ketones (excluding diaryl/α,β-unsaturated/α-hetero) is 1. The van der Waals surface area contributed by atoms with Crippen molar-refractivity contribution in [2.45, 2.75) is 48.3 Å². The summed E-state index contributed by atoms with van der Waals surface area (Å²) in [6.45, 7) is 4.45. The number of aromatic hydroxyl groups is 1. The third kappa shape index (κ3) is 5.19. The highest BCUT2D eigenvalue weighted by Crippen LogP contribution is 2.42. The first-order valence-electron chi connectivity index (χ1n) is 13.4. The Morgan fingerprint density at radius 1 is 1.20 bits per heavy atom. The Kier molecular flexibility index (Phi) is 7.45. The van der Waals surface area contributed by atoms with Crippen molar-refractivity contribution in [1.82, 2.24) is 19.4 Å². The SMILES string of the molecule is C[C@@H]1OCC2(CCN(c3cnc(Sc4cccc(CC(=O)c5c(O)nc6ccccn6c5=O)c4Cl)cn3)CC2)[C@@H]1N. The van der Waals surface area contributed by atoms with E-state index in [0.29, 0.717) is 27.1 Å². The van der Waals surface area contributed by atoms with Crippen LogP contribution in [0.3, 0.4) is 0 Å². The molecule has 12 heteroatoms. The van der Waals surface area contributed by atoms with Crippen LogP contribution in [0.5, 0.6) is 5.88 Å². The zero-order chi connectivity index (χ0) is 28.7. The number of anilines is 1. The Hall–Kier alpha value is -3.51. The van der Waals surface area contributed by atoms with Crippen molar-refractivity contribution in [3.05, 3.63) is 81.5 Å². The van der Waals surface area contributed by atoms with E-state index in [1.54, 1.807) is 42.7 Å². The lowest BCUT2D eigenvalue weighted by molar-refractivity contribution is 0.0973. The fraction of sp³-hybridized carbons (Fsp3) is 0.345. The number of rotatable bonds is 6. The van der Waals surface area contributed by atoms with Gasteiger partial charge in [-0.05, 0) is 43.5 Å². The highest BCUT2D eigenvalue weighted by Gasteiger charge is 2.47. The molecule has 5 heterocycles. The zero-order valence-corrected chi connectivity index (χ0v) is 23.9. The van der Waals surface area contributed by atoms with E-state index >= 15 is 0 Å². The molecule has 10 nitrogen and oxygen atoms in total. The molecule has 6 rings (SSSR count). The number of nitrogens with zero attached hydrogens (tertiary/aromatic N) is 5. The summed E-state index contributed by atoms with van der Waals surface area (Å²) in [7, 11) is 0. The van der Waals surface area contributed by atoms with Crippen LogP contribution < -0.4 is 16.2 Å². The smallest absolute Gasteiger partial charge is 0.272 e. The van der Waals surface area contributed by atoms with Crippen LogP contribution in [0.1, 0.15) is 35.7 Å². The van der Waals surface area contributed by atoms with Gasteiger partial charge in [0.1, 0.15) is 22.1 Å². The van der Waals surface area contributed by atoms with E-state index in [1.165, 1.54) is 22.4 Å². The van der Waals surface area contributed by atoms with Gasteiger partial charge in [0.25, 0.3) is 5.56 Å². The number of carbonyl (C=O) groups is 1. The standard InChI is InChI=1S/C29H29ClN6O4S/c1-17-26(31)29(16-40-17)8-11-35(12-9-29)22-14-33-23(15-32-22)41-20-6-4-5-18(25(20)30)13-19(37)24-27(38)34-21-7-2-3-10-36(21)28(24)39/h2-7,10,14-15,17,26,38H,8-9,11-13,16,31H2,1H3/t17-,26+/m0/s1. The van der Waals surface area contributed by atoms with Gasteiger partial charge in [-0.15, -0.1) is 0 Å². The quantitative estimate of drug-likeness (QED) is 0.319. The van der Waals surface area contributed by atoms with E-state index < -0.39 is 17.2 Å². The highest BCUT2D eigenvalue weighted by atomic mass is 35.5. The Morgan fingerprint density at radius 3 is 2.71 bits per heavy atom. The third-order valence-electron chi connectivity index (χ3n) is 8.15. The summed E-state index contributed by atoms with van der Waals surface area (Å²) in [5.41, 5.74) is 6.26. The summed E-state index contributed by atoms with van der Waals surface area (Å²) in [5.74, 6) is -0.360. The topological polar surface area (TPSA) is 136 Å². The number of carbonyl (C=O) groups excluding carboxylic acids is 1. The Bertz CT molecular complexity index is 1670. The van der Waals surface area contributed by atoms with Gasteiger partial charge in [-0.1, -0.05) is 41.6 Å².